The van der Waals surface area contributed by atoms with Gasteiger partial charge in [0.2, 0.25) is 0 Å². The molecule has 0 aromatic heterocycles. The Morgan fingerprint density at radius 1 is 1.27 bits per heavy atom. The number of rotatable bonds is 6. The van der Waals surface area contributed by atoms with Crippen LogP contribution in [0.25, 0.3) is 0 Å². The maximum atomic E-state index is 12.2. The highest BCUT2D eigenvalue weighted by atomic mass is 35.5. The lowest BCUT2D eigenvalue weighted by Crippen LogP contribution is -2.21. The van der Waals surface area contributed by atoms with E-state index in [4.69, 9.17) is 21.6 Å². The predicted molar refractivity (Wildman–Crippen MR) is 98.5 cm³/mol. The zero-order valence-electron chi connectivity index (χ0n) is 13.8. The fourth-order valence-corrected chi connectivity index (χ4v) is 3.24. The third-order valence-electron chi connectivity index (χ3n) is 3.32. The molecule has 1 atom stereocenters. The molecule has 1 amide bonds. The minimum Gasteiger partial charge on any atom is -0.452 e. The number of nitrogens with one attached hydrogen (secondary N) is 1. The van der Waals surface area contributed by atoms with E-state index in [-0.39, 0.29) is 16.1 Å². The average Bonchev–Trinajstić information content (AvgIpc) is 2.65. The van der Waals surface area contributed by atoms with Gasteiger partial charge in [-0.2, -0.15) is 5.26 Å². The van der Waals surface area contributed by atoms with Gasteiger partial charge in [0.05, 0.1) is 31.8 Å². The number of anilines is 1. The summed E-state index contributed by atoms with van der Waals surface area (Å²) in [5.41, 5.74) is 0.834. The maximum Gasteiger partial charge on any atom is 0.339 e. The Morgan fingerprint density at radius 2 is 2.00 bits per heavy atom. The minimum atomic E-state index is -1.32. The molecule has 0 aliphatic carbocycles. The van der Waals surface area contributed by atoms with E-state index in [2.05, 4.69) is 5.32 Å². The first-order valence-electron chi connectivity index (χ1n) is 7.60. The largest absolute Gasteiger partial charge is 0.452 e. The topological polar surface area (TPSA) is 96.3 Å². The normalized spacial score (nSPS) is 11.3. The Hall–Kier alpha value is -2.69. The Labute approximate surface area is 158 Å². The van der Waals surface area contributed by atoms with Gasteiger partial charge in [0.25, 0.3) is 5.91 Å². The molecule has 0 radical (unpaired) electrons. The molecule has 134 valence electrons. The van der Waals surface area contributed by atoms with Crippen molar-refractivity contribution in [1.29, 1.82) is 5.26 Å². The fourth-order valence-electron chi connectivity index (χ4n) is 2.08. The van der Waals surface area contributed by atoms with Gasteiger partial charge in [0, 0.05) is 11.4 Å². The van der Waals surface area contributed by atoms with Crippen LogP contribution in [0.3, 0.4) is 0 Å². The molecule has 8 heteroatoms. The summed E-state index contributed by atoms with van der Waals surface area (Å²) in [5.74, 6) is -0.923. The number of ether oxygens (including phenoxy) is 1. The first kappa shape index (κ1) is 19.6. The quantitative estimate of drug-likeness (QED) is 0.764. The molecule has 0 unspecified atom stereocenters. The molecule has 0 fully saturated rings. The van der Waals surface area contributed by atoms with E-state index in [1.165, 1.54) is 24.3 Å². The number of hydrogen-bond donors (Lipinski definition) is 1. The summed E-state index contributed by atoms with van der Waals surface area (Å²) in [5, 5.41) is 11.5. The van der Waals surface area contributed by atoms with Crippen LogP contribution in [0.5, 0.6) is 0 Å². The number of nitriles is 1. The van der Waals surface area contributed by atoms with Crippen molar-refractivity contribution >= 4 is 40.0 Å². The first-order valence-corrected chi connectivity index (χ1v) is 9.30. The lowest BCUT2D eigenvalue weighted by molar-refractivity contribution is -0.119. The van der Waals surface area contributed by atoms with Gasteiger partial charge in [0.1, 0.15) is 6.07 Å². The standard InChI is InChI=1S/C18H15ClN2O4S/c1-2-26(24)16-6-4-3-5-14(16)18(23)25-11-17(22)21-13-8-7-12(10-20)15(19)9-13/h3-9H,2,11H2,1H3,(H,21,22)/t26-/m1/s1. The summed E-state index contributed by atoms with van der Waals surface area (Å²) in [6.07, 6.45) is 0. The summed E-state index contributed by atoms with van der Waals surface area (Å²) in [4.78, 5) is 24.5. The Bertz CT molecular complexity index is 908. The van der Waals surface area contributed by atoms with Crippen LogP contribution < -0.4 is 5.32 Å². The van der Waals surface area contributed by atoms with Gasteiger partial charge in [-0.15, -0.1) is 0 Å². The molecular formula is C18H15ClN2O4S. The second-order valence-corrected chi connectivity index (χ2v) is 7.18. The Morgan fingerprint density at radius 3 is 2.65 bits per heavy atom. The van der Waals surface area contributed by atoms with Gasteiger partial charge < -0.3 is 10.1 Å². The zero-order valence-corrected chi connectivity index (χ0v) is 15.4. The molecule has 0 saturated heterocycles. The van der Waals surface area contributed by atoms with Crippen molar-refractivity contribution in [2.24, 2.45) is 0 Å². The van der Waals surface area contributed by atoms with E-state index in [1.54, 1.807) is 25.1 Å². The number of amides is 1. The van der Waals surface area contributed by atoms with E-state index >= 15 is 0 Å². The second kappa shape index (κ2) is 9.13. The van der Waals surface area contributed by atoms with Crippen LogP contribution >= 0.6 is 11.6 Å². The van der Waals surface area contributed by atoms with Crippen LogP contribution in [0, 0.1) is 11.3 Å². The smallest absolute Gasteiger partial charge is 0.339 e. The molecule has 0 aliphatic heterocycles. The van der Waals surface area contributed by atoms with Crippen molar-refractivity contribution in [2.45, 2.75) is 11.8 Å². The van der Waals surface area contributed by atoms with Gasteiger partial charge in [-0.3, -0.25) is 9.00 Å². The number of nitrogens with zero attached hydrogens (tertiary/aromatic N) is 1. The van der Waals surface area contributed by atoms with E-state index < -0.39 is 29.3 Å². The van der Waals surface area contributed by atoms with Crippen LogP contribution in [-0.2, 0) is 20.3 Å². The van der Waals surface area contributed by atoms with Crippen molar-refractivity contribution in [1.82, 2.24) is 0 Å². The maximum absolute atomic E-state index is 12.2. The van der Waals surface area contributed by atoms with E-state index in [1.807, 2.05) is 6.07 Å². The highest BCUT2D eigenvalue weighted by Crippen LogP contribution is 2.20. The summed E-state index contributed by atoms with van der Waals surface area (Å²) < 4.78 is 17.0. The lowest BCUT2D eigenvalue weighted by atomic mass is 10.2. The number of hydrogen-bond acceptors (Lipinski definition) is 5. The fraction of sp³-hybridized carbons (Fsp3) is 0.167. The molecule has 0 spiro atoms. The number of carbonyl (C=O) groups excluding carboxylic acids is 2. The molecule has 0 bridgehead atoms. The molecule has 0 aliphatic rings. The molecule has 6 nitrogen and oxygen atoms in total. The molecule has 1 N–H and O–H groups in total. The van der Waals surface area contributed by atoms with Crippen molar-refractivity contribution < 1.29 is 18.5 Å². The number of benzene rings is 2. The van der Waals surface area contributed by atoms with Gasteiger partial charge in [-0.25, -0.2) is 4.79 Å². The number of carbonyl (C=O) groups is 2. The van der Waals surface area contributed by atoms with Crippen LogP contribution in [0.1, 0.15) is 22.8 Å². The average molecular weight is 391 g/mol. The van der Waals surface area contributed by atoms with Crippen LogP contribution in [0.2, 0.25) is 5.02 Å². The van der Waals surface area contributed by atoms with Gasteiger partial charge >= 0.3 is 5.97 Å². The molecule has 2 rings (SSSR count). The van der Waals surface area contributed by atoms with E-state index in [0.717, 1.165) is 0 Å². The van der Waals surface area contributed by atoms with Crippen LogP contribution in [0.15, 0.2) is 47.4 Å². The summed E-state index contributed by atoms with van der Waals surface area (Å²) in [6.45, 7) is 1.23. The molecule has 0 saturated carbocycles. The van der Waals surface area contributed by atoms with E-state index in [9.17, 15) is 13.8 Å². The monoisotopic (exact) mass is 390 g/mol. The summed E-state index contributed by atoms with van der Waals surface area (Å²) >= 11 is 5.89. The highest BCUT2D eigenvalue weighted by molar-refractivity contribution is 7.85. The Balaban J connectivity index is 2.00. The number of esters is 1. The molecule has 0 heterocycles. The third kappa shape index (κ3) is 4.91. The first-order chi connectivity index (χ1) is 12.5. The minimum absolute atomic E-state index is 0.168. The Kier molecular flexibility index (Phi) is 6.89. The van der Waals surface area contributed by atoms with Crippen molar-refractivity contribution in [3.63, 3.8) is 0 Å². The van der Waals surface area contributed by atoms with Gasteiger partial charge in [0.15, 0.2) is 6.61 Å². The lowest BCUT2D eigenvalue weighted by Gasteiger charge is -2.09. The van der Waals surface area contributed by atoms with Gasteiger partial charge in [-0.05, 0) is 30.3 Å². The van der Waals surface area contributed by atoms with Gasteiger partial charge in [-0.1, -0.05) is 30.7 Å². The summed E-state index contributed by atoms with van der Waals surface area (Å²) in [7, 11) is -1.32. The predicted octanol–water partition coefficient (Wildman–Crippen LogP) is 3.13. The van der Waals surface area contributed by atoms with Crippen molar-refractivity contribution in [3.8, 4) is 6.07 Å². The van der Waals surface area contributed by atoms with Crippen LogP contribution in [-0.4, -0.2) is 28.4 Å². The number of halogens is 1. The zero-order chi connectivity index (χ0) is 19.1. The van der Waals surface area contributed by atoms with Crippen molar-refractivity contribution in [2.75, 3.05) is 17.7 Å². The summed E-state index contributed by atoms with van der Waals surface area (Å²) in [6, 6.07) is 12.7. The third-order valence-corrected chi connectivity index (χ3v) is 5.01. The van der Waals surface area contributed by atoms with Crippen LogP contribution in [0.4, 0.5) is 5.69 Å². The highest BCUT2D eigenvalue weighted by Gasteiger charge is 2.17. The molecule has 26 heavy (non-hydrogen) atoms. The SMILES string of the molecule is CC[S@@](=O)c1ccccc1C(=O)OCC(=O)Nc1ccc(C#N)c(Cl)c1. The molecule has 2 aromatic rings. The molecular weight excluding hydrogens is 376 g/mol. The van der Waals surface area contributed by atoms with Crippen molar-refractivity contribution in [3.05, 3.63) is 58.6 Å². The van der Waals surface area contributed by atoms with E-state index in [0.29, 0.717) is 16.3 Å². The molecule has 2 aromatic carbocycles. The second-order valence-electron chi connectivity index (χ2n) is 5.06.